The molecule has 3 nitrogen and oxygen atoms in total. The zero-order valence-corrected chi connectivity index (χ0v) is 11.5. The first-order chi connectivity index (χ1) is 7.97. The molecule has 0 radical (unpaired) electrons. The van der Waals surface area contributed by atoms with E-state index in [0.717, 1.165) is 31.4 Å². The zero-order valence-electron chi connectivity index (χ0n) is 9.12. The van der Waals surface area contributed by atoms with Crippen LogP contribution in [0.2, 0.25) is 0 Å². The van der Waals surface area contributed by atoms with Gasteiger partial charge in [-0.15, -0.1) is 0 Å². The van der Waals surface area contributed by atoms with Crippen molar-refractivity contribution >= 4 is 26.0 Å². The van der Waals surface area contributed by atoms with Crippen molar-refractivity contribution in [2.45, 2.75) is 29.7 Å². The lowest BCUT2D eigenvalue weighted by molar-refractivity contribution is 0.256. The van der Waals surface area contributed by atoms with Gasteiger partial charge >= 0.3 is 0 Å². The Hall–Kier alpha value is -0.460. The van der Waals surface area contributed by atoms with Crippen molar-refractivity contribution in [3.05, 3.63) is 30.1 Å². The molecule has 2 rings (SSSR count). The van der Waals surface area contributed by atoms with E-state index in [1.165, 1.54) is 12.1 Å². The summed E-state index contributed by atoms with van der Waals surface area (Å²) in [7, 11) is -3.55. The molecule has 0 unspecified atom stereocenters. The largest absolute Gasteiger partial charge is 0.241 e. The summed E-state index contributed by atoms with van der Waals surface area (Å²) in [6, 6.07) is 4.85. The molecule has 1 saturated carbocycles. The molecule has 1 aromatic rings. The number of rotatable bonds is 4. The molecule has 1 aliphatic carbocycles. The fraction of sp³-hybridized carbons (Fsp3) is 0.455. The molecule has 1 fully saturated rings. The number of halogens is 2. The Morgan fingerprint density at radius 1 is 1.29 bits per heavy atom. The third kappa shape index (κ3) is 2.69. The molecule has 0 aromatic heterocycles. The lowest BCUT2D eigenvalue weighted by atomic mass is 9.80. The van der Waals surface area contributed by atoms with Crippen molar-refractivity contribution < 1.29 is 12.8 Å². The van der Waals surface area contributed by atoms with E-state index in [1.807, 2.05) is 0 Å². The van der Waals surface area contributed by atoms with E-state index in [4.69, 9.17) is 0 Å². The molecule has 0 atom stereocenters. The third-order valence-electron chi connectivity index (χ3n) is 3.04. The summed E-state index contributed by atoms with van der Waals surface area (Å²) in [5, 5.41) is 0.598. The van der Waals surface area contributed by atoms with Gasteiger partial charge in [0.05, 0.1) is 4.90 Å². The van der Waals surface area contributed by atoms with Crippen LogP contribution in [-0.4, -0.2) is 19.3 Å². The minimum atomic E-state index is -3.55. The van der Waals surface area contributed by atoms with E-state index in [1.54, 1.807) is 0 Å². The highest BCUT2D eigenvalue weighted by Gasteiger charge is 2.39. The number of hydrogen-bond donors (Lipinski definition) is 1. The van der Waals surface area contributed by atoms with Crippen molar-refractivity contribution in [1.29, 1.82) is 0 Å². The Morgan fingerprint density at radius 3 is 2.29 bits per heavy atom. The van der Waals surface area contributed by atoms with Gasteiger partial charge in [-0.3, -0.25) is 0 Å². The molecule has 6 heteroatoms. The number of nitrogens with one attached hydrogen (secondary N) is 1. The first kappa shape index (κ1) is 13.0. The van der Waals surface area contributed by atoms with Crippen LogP contribution >= 0.6 is 15.9 Å². The van der Waals surface area contributed by atoms with Crippen molar-refractivity contribution in [3.63, 3.8) is 0 Å². The molecule has 1 aromatic carbocycles. The lowest BCUT2D eigenvalue weighted by Gasteiger charge is -2.40. The average molecular weight is 322 g/mol. The molecular formula is C11H13BrFNO2S. The van der Waals surface area contributed by atoms with Crippen molar-refractivity contribution in [1.82, 2.24) is 4.72 Å². The van der Waals surface area contributed by atoms with E-state index in [0.29, 0.717) is 5.33 Å². The summed E-state index contributed by atoms with van der Waals surface area (Å²) in [4.78, 5) is 0.103. The lowest BCUT2D eigenvalue weighted by Crippen LogP contribution is -2.54. The molecule has 0 spiro atoms. The molecule has 94 valence electrons. The number of alkyl halides is 1. The Balaban J connectivity index is 2.22. The summed E-state index contributed by atoms with van der Waals surface area (Å²) in [5.74, 6) is -0.442. The van der Waals surface area contributed by atoms with Crippen LogP contribution in [0.25, 0.3) is 0 Å². The smallest absolute Gasteiger partial charge is 0.207 e. The van der Waals surface area contributed by atoms with Crippen LogP contribution in [0.1, 0.15) is 19.3 Å². The van der Waals surface area contributed by atoms with Gasteiger partial charge < -0.3 is 0 Å². The molecule has 0 saturated heterocycles. The van der Waals surface area contributed by atoms with Gasteiger partial charge in [0.1, 0.15) is 5.82 Å². The second kappa shape index (κ2) is 4.66. The van der Waals surface area contributed by atoms with Gasteiger partial charge in [-0.05, 0) is 43.5 Å². The molecule has 1 aliphatic rings. The molecule has 0 aliphatic heterocycles. The van der Waals surface area contributed by atoms with Crippen molar-refractivity contribution in [2.75, 3.05) is 5.33 Å². The van der Waals surface area contributed by atoms with E-state index in [2.05, 4.69) is 20.7 Å². The Labute approximate surface area is 109 Å². The Bertz CT molecular complexity index is 491. The van der Waals surface area contributed by atoms with Gasteiger partial charge in [-0.1, -0.05) is 15.9 Å². The average Bonchev–Trinajstić information content (AvgIpc) is 2.24. The predicted molar refractivity (Wildman–Crippen MR) is 67.1 cm³/mol. The normalized spacial score (nSPS) is 18.7. The van der Waals surface area contributed by atoms with Crippen molar-refractivity contribution in [2.24, 2.45) is 0 Å². The molecular weight excluding hydrogens is 309 g/mol. The highest BCUT2D eigenvalue weighted by Crippen LogP contribution is 2.34. The number of hydrogen-bond acceptors (Lipinski definition) is 2. The fourth-order valence-electron chi connectivity index (χ4n) is 1.82. The van der Waals surface area contributed by atoms with Gasteiger partial charge in [0.15, 0.2) is 0 Å². The highest BCUT2D eigenvalue weighted by molar-refractivity contribution is 9.09. The van der Waals surface area contributed by atoms with Crippen LogP contribution in [0.3, 0.4) is 0 Å². The minimum Gasteiger partial charge on any atom is -0.207 e. The molecule has 1 N–H and O–H groups in total. The summed E-state index contributed by atoms with van der Waals surface area (Å²) >= 11 is 3.33. The Morgan fingerprint density at radius 2 is 1.88 bits per heavy atom. The van der Waals surface area contributed by atoms with Gasteiger partial charge in [0, 0.05) is 10.9 Å². The van der Waals surface area contributed by atoms with E-state index in [-0.39, 0.29) is 10.4 Å². The van der Waals surface area contributed by atoms with Crippen LogP contribution < -0.4 is 4.72 Å². The minimum absolute atomic E-state index is 0.103. The molecule has 0 bridgehead atoms. The van der Waals surface area contributed by atoms with Crippen molar-refractivity contribution in [3.8, 4) is 0 Å². The number of benzene rings is 1. The third-order valence-corrected chi connectivity index (χ3v) is 5.71. The van der Waals surface area contributed by atoms with Gasteiger partial charge in [0.25, 0.3) is 0 Å². The quantitative estimate of drug-likeness (QED) is 0.866. The van der Waals surface area contributed by atoms with E-state index >= 15 is 0 Å². The fourth-order valence-corrected chi connectivity index (χ4v) is 4.17. The second-order valence-corrected chi connectivity index (χ2v) is 6.57. The number of sulfonamides is 1. The maximum absolute atomic E-state index is 12.7. The zero-order chi connectivity index (χ0) is 12.5. The first-order valence-corrected chi connectivity index (χ1v) is 7.93. The topological polar surface area (TPSA) is 46.2 Å². The molecule has 0 amide bonds. The van der Waals surface area contributed by atoms with Gasteiger partial charge in [0.2, 0.25) is 10.0 Å². The van der Waals surface area contributed by atoms with Crippen LogP contribution in [0, 0.1) is 5.82 Å². The van der Waals surface area contributed by atoms with Crippen LogP contribution in [-0.2, 0) is 10.0 Å². The van der Waals surface area contributed by atoms with E-state index in [9.17, 15) is 12.8 Å². The summed E-state index contributed by atoms with van der Waals surface area (Å²) < 4.78 is 39.5. The summed E-state index contributed by atoms with van der Waals surface area (Å²) in [6.07, 6.45) is 2.69. The standard InChI is InChI=1S/C11H13BrFNO2S/c12-8-11(6-1-7-11)14-17(15,16)10-4-2-9(13)3-5-10/h2-5,14H,1,6-8H2. The molecule has 0 heterocycles. The predicted octanol–water partition coefficient (Wildman–Crippen LogP) is 2.42. The van der Waals surface area contributed by atoms with Crippen LogP contribution in [0.15, 0.2) is 29.2 Å². The second-order valence-electron chi connectivity index (χ2n) is 4.33. The summed E-state index contributed by atoms with van der Waals surface area (Å²) in [5.41, 5.74) is -0.368. The Kier molecular flexibility index (Phi) is 3.56. The highest BCUT2D eigenvalue weighted by atomic mass is 79.9. The maximum atomic E-state index is 12.7. The van der Waals surface area contributed by atoms with Crippen LogP contribution in [0.5, 0.6) is 0 Å². The van der Waals surface area contributed by atoms with Gasteiger partial charge in [-0.2, -0.15) is 0 Å². The van der Waals surface area contributed by atoms with E-state index < -0.39 is 15.8 Å². The maximum Gasteiger partial charge on any atom is 0.241 e. The van der Waals surface area contributed by atoms with Gasteiger partial charge in [-0.25, -0.2) is 17.5 Å². The monoisotopic (exact) mass is 321 g/mol. The SMILES string of the molecule is O=S(=O)(NC1(CBr)CCC1)c1ccc(F)cc1. The summed E-state index contributed by atoms with van der Waals surface area (Å²) in [6.45, 7) is 0. The molecule has 17 heavy (non-hydrogen) atoms. The van der Waals surface area contributed by atoms with Crippen LogP contribution in [0.4, 0.5) is 4.39 Å². The first-order valence-electron chi connectivity index (χ1n) is 5.33.